The van der Waals surface area contributed by atoms with E-state index >= 15 is 0 Å². The molecule has 3 atom stereocenters. The van der Waals surface area contributed by atoms with Crippen LogP contribution in [0.1, 0.15) is 40.0 Å². The largest absolute Gasteiger partial charge is 0.444 e. The molecule has 0 bridgehead atoms. The first-order valence-corrected chi connectivity index (χ1v) is 9.00. The Kier molecular flexibility index (Phi) is 6.28. The van der Waals surface area contributed by atoms with Gasteiger partial charge >= 0.3 is 6.09 Å². The van der Waals surface area contributed by atoms with E-state index in [2.05, 4.69) is 10.6 Å². The van der Waals surface area contributed by atoms with Crippen molar-refractivity contribution in [1.82, 2.24) is 15.5 Å². The lowest BCUT2D eigenvalue weighted by Crippen LogP contribution is -2.63. The van der Waals surface area contributed by atoms with Gasteiger partial charge in [0.05, 0.1) is 19.1 Å². The van der Waals surface area contributed by atoms with E-state index in [1.807, 2.05) is 0 Å². The van der Waals surface area contributed by atoms with Crippen LogP contribution in [0, 0.1) is 5.92 Å². The average Bonchev–Trinajstić information content (AvgIpc) is 2.50. The molecule has 0 aromatic rings. The Bertz CT molecular complexity index is 586. The summed E-state index contributed by atoms with van der Waals surface area (Å²) in [6, 6.07) is -1.13. The van der Waals surface area contributed by atoms with E-state index in [1.165, 1.54) is 0 Å². The minimum Gasteiger partial charge on any atom is -0.444 e. The maximum Gasteiger partial charge on any atom is 0.407 e. The monoisotopic (exact) mass is 391 g/mol. The summed E-state index contributed by atoms with van der Waals surface area (Å²) < 4.78 is 31.2. The first-order valence-electron chi connectivity index (χ1n) is 9.00. The summed E-state index contributed by atoms with van der Waals surface area (Å²) in [5, 5.41) is 15.5. The fourth-order valence-electron chi connectivity index (χ4n) is 3.12. The molecule has 154 valence electrons. The smallest absolute Gasteiger partial charge is 0.407 e. The number of rotatable bonds is 5. The highest BCUT2D eigenvalue weighted by atomic mass is 19.3. The molecule has 0 radical (unpaired) electrons. The zero-order valence-electron chi connectivity index (χ0n) is 15.8. The van der Waals surface area contributed by atoms with Crippen LogP contribution in [-0.4, -0.2) is 71.2 Å². The Hall–Kier alpha value is -1.97. The normalized spacial score (nSPS) is 24.3. The summed E-state index contributed by atoms with van der Waals surface area (Å²) in [4.78, 5) is 37.2. The molecule has 0 spiro atoms. The number of hydrogen-bond donors (Lipinski definition) is 3. The summed E-state index contributed by atoms with van der Waals surface area (Å²) in [7, 11) is 0. The van der Waals surface area contributed by atoms with E-state index < -0.39 is 54.7 Å². The van der Waals surface area contributed by atoms with E-state index in [4.69, 9.17) is 4.74 Å². The SMILES string of the molecule is CC(C)(C)OC(=O)N[C@@H](C[C@@H]1CCCNC1=O)C(O)C(=O)N1CC(F)(F)C1. The van der Waals surface area contributed by atoms with Crippen molar-refractivity contribution in [2.24, 2.45) is 5.92 Å². The first-order chi connectivity index (χ1) is 12.4. The Morgan fingerprint density at radius 3 is 2.56 bits per heavy atom. The Morgan fingerprint density at radius 2 is 2.04 bits per heavy atom. The van der Waals surface area contributed by atoms with Gasteiger partial charge in [0.15, 0.2) is 6.10 Å². The number of nitrogens with zero attached hydrogens (tertiary/aromatic N) is 1. The fourth-order valence-corrected chi connectivity index (χ4v) is 3.12. The maximum atomic E-state index is 13.0. The minimum absolute atomic E-state index is 0.00220. The predicted molar refractivity (Wildman–Crippen MR) is 91.0 cm³/mol. The van der Waals surface area contributed by atoms with Gasteiger partial charge < -0.3 is 25.4 Å². The molecule has 2 fully saturated rings. The lowest BCUT2D eigenvalue weighted by molar-refractivity contribution is -0.174. The molecule has 0 aliphatic carbocycles. The molecular formula is C17H27F2N3O5. The number of alkyl carbamates (subject to hydrolysis) is 1. The second-order valence-electron chi connectivity index (χ2n) is 8.11. The number of hydrogen-bond acceptors (Lipinski definition) is 5. The molecule has 2 heterocycles. The summed E-state index contributed by atoms with van der Waals surface area (Å²) in [5.41, 5.74) is -0.800. The third kappa shape index (κ3) is 6.02. The molecule has 2 aliphatic heterocycles. The van der Waals surface area contributed by atoms with Crippen LogP contribution in [0.15, 0.2) is 0 Å². The molecule has 10 heteroatoms. The van der Waals surface area contributed by atoms with Crippen LogP contribution in [0.4, 0.5) is 13.6 Å². The van der Waals surface area contributed by atoms with E-state index in [0.717, 1.165) is 11.3 Å². The average molecular weight is 391 g/mol. The van der Waals surface area contributed by atoms with Crippen molar-refractivity contribution in [1.29, 1.82) is 0 Å². The van der Waals surface area contributed by atoms with Gasteiger partial charge in [0.25, 0.3) is 11.8 Å². The number of nitrogens with one attached hydrogen (secondary N) is 2. The highest BCUT2D eigenvalue weighted by Gasteiger charge is 2.49. The van der Waals surface area contributed by atoms with Crippen molar-refractivity contribution in [3.8, 4) is 0 Å². The van der Waals surface area contributed by atoms with Crippen LogP contribution in [0.2, 0.25) is 0 Å². The number of piperidine rings is 1. The summed E-state index contributed by atoms with van der Waals surface area (Å²) in [6.07, 6.45) is -1.32. The topological polar surface area (TPSA) is 108 Å². The second-order valence-corrected chi connectivity index (χ2v) is 8.11. The zero-order valence-corrected chi connectivity index (χ0v) is 15.8. The lowest BCUT2D eigenvalue weighted by atomic mass is 9.89. The molecule has 1 unspecified atom stereocenters. The number of aliphatic hydroxyl groups excluding tert-OH is 1. The van der Waals surface area contributed by atoms with Gasteiger partial charge in [0.2, 0.25) is 5.91 Å². The molecule has 0 saturated carbocycles. The van der Waals surface area contributed by atoms with Gasteiger partial charge in [-0.05, 0) is 40.0 Å². The highest BCUT2D eigenvalue weighted by Crippen LogP contribution is 2.28. The van der Waals surface area contributed by atoms with E-state index in [9.17, 15) is 28.3 Å². The van der Waals surface area contributed by atoms with Crippen molar-refractivity contribution in [3.05, 3.63) is 0 Å². The van der Waals surface area contributed by atoms with Gasteiger partial charge in [-0.25, -0.2) is 13.6 Å². The molecule has 3 amide bonds. The molecule has 27 heavy (non-hydrogen) atoms. The molecule has 2 saturated heterocycles. The van der Waals surface area contributed by atoms with Crippen LogP contribution in [-0.2, 0) is 14.3 Å². The standard InChI is InChI=1S/C17H27F2N3O5/c1-16(2,3)27-15(26)21-11(7-10-5-4-6-20-13(10)24)12(23)14(25)22-8-17(18,19)9-22/h10-12,23H,4-9H2,1-3H3,(H,20,24)(H,21,26)/t10-,11-,12?/m0/s1. The van der Waals surface area contributed by atoms with Crippen LogP contribution in [0.3, 0.4) is 0 Å². The molecule has 8 nitrogen and oxygen atoms in total. The van der Waals surface area contributed by atoms with Crippen molar-refractivity contribution in [2.45, 2.75) is 63.7 Å². The van der Waals surface area contributed by atoms with E-state index in [-0.39, 0.29) is 12.3 Å². The predicted octanol–water partition coefficient (Wildman–Crippen LogP) is 0.634. The van der Waals surface area contributed by atoms with Crippen LogP contribution in [0.25, 0.3) is 0 Å². The highest BCUT2D eigenvalue weighted by molar-refractivity contribution is 5.84. The summed E-state index contributed by atoms with van der Waals surface area (Å²) in [6.45, 7) is 3.96. The van der Waals surface area contributed by atoms with E-state index in [1.54, 1.807) is 20.8 Å². The first kappa shape index (κ1) is 21.3. The van der Waals surface area contributed by atoms with Crippen molar-refractivity contribution in [3.63, 3.8) is 0 Å². The molecule has 0 aromatic heterocycles. The summed E-state index contributed by atoms with van der Waals surface area (Å²) >= 11 is 0. The Morgan fingerprint density at radius 1 is 1.41 bits per heavy atom. The van der Waals surface area contributed by atoms with Gasteiger partial charge in [0.1, 0.15) is 5.60 Å². The Balaban J connectivity index is 2.06. The number of carbonyl (C=O) groups is 3. The summed E-state index contributed by atoms with van der Waals surface area (Å²) in [5.74, 6) is -4.60. The van der Waals surface area contributed by atoms with E-state index in [0.29, 0.717) is 13.0 Å². The number of amides is 3. The third-order valence-corrected chi connectivity index (χ3v) is 4.43. The number of carbonyl (C=O) groups excluding carboxylic acids is 3. The van der Waals surface area contributed by atoms with Gasteiger partial charge in [-0.1, -0.05) is 0 Å². The molecular weight excluding hydrogens is 364 g/mol. The maximum absolute atomic E-state index is 13.0. The molecule has 3 N–H and O–H groups in total. The van der Waals surface area contributed by atoms with Gasteiger partial charge in [-0.2, -0.15) is 0 Å². The molecule has 2 rings (SSSR count). The van der Waals surface area contributed by atoms with Crippen LogP contribution < -0.4 is 10.6 Å². The van der Waals surface area contributed by atoms with Gasteiger partial charge in [-0.3, -0.25) is 9.59 Å². The molecule has 2 aliphatic rings. The molecule has 0 aromatic carbocycles. The van der Waals surface area contributed by atoms with Crippen molar-refractivity contribution in [2.75, 3.05) is 19.6 Å². The third-order valence-electron chi connectivity index (χ3n) is 4.43. The van der Waals surface area contributed by atoms with Gasteiger partial charge in [0, 0.05) is 12.5 Å². The Labute approximate surface area is 156 Å². The fraction of sp³-hybridized carbons (Fsp3) is 0.824. The zero-order chi connectivity index (χ0) is 20.4. The second kappa shape index (κ2) is 7.95. The van der Waals surface area contributed by atoms with Crippen molar-refractivity contribution >= 4 is 17.9 Å². The number of ether oxygens (including phenoxy) is 1. The van der Waals surface area contributed by atoms with Crippen LogP contribution >= 0.6 is 0 Å². The number of alkyl halides is 2. The number of halogens is 2. The van der Waals surface area contributed by atoms with Crippen molar-refractivity contribution < 1.29 is 33.0 Å². The number of likely N-dealkylation sites (tertiary alicyclic amines) is 1. The quantitative estimate of drug-likeness (QED) is 0.637. The van der Waals surface area contributed by atoms with Crippen LogP contribution in [0.5, 0.6) is 0 Å². The number of aliphatic hydroxyl groups is 1. The van der Waals surface area contributed by atoms with Gasteiger partial charge in [-0.15, -0.1) is 0 Å². The lowest BCUT2D eigenvalue weighted by Gasteiger charge is -2.41. The minimum atomic E-state index is -2.97.